The van der Waals surface area contributed by atoms with E-state index in [1.165, 1.54) is 18.4 Å². The van der Waals surface area contributed by atoms with Crippen LogP contribution in [0.4, 0.5) is 0 Å². The summed E-state index contributed by atoms with van der Waals surface area (Å²) < 4.78 is 5.69. The zero-order valence-electron chi connectivity index (χ0n) is 9.09. The lowest BCUT2D eigenvalue weighted by Gasteiger charge is -2.30. The molecule has 2 atom stereocenters. The molecule has 0 aliphatic carbocycles. The Morgan fingerprint density at radius 3 is 2.93 bits per heavy atom. The second-order valence-electron chi connectivity index (χ2n) is 4.17. The molecule has 1 rings (SSSR count). The summed E-state index contributed by atoms with van der Waals surface area (Å²) in [5.41, 5.74) is 4.07. The van der Waals surface area contributed by atoms with Crippen LogP contribution in [0.5, 0.6) is 0 Å². The Labute approximate surface area is 86.7 Å². The maximum Gasteiger partial charge on any atom is 0.0741 e. The molecule has 1 saturated heterocycles. The first-order valence-electron chi connectivity index (χ1n) is 5.46. The Hall–Kier alpha value is -0.380. The highest BCUT2D eigenvalue weighted by Crippen LogP contribution is 2.19. The van der Waals surface area contributed by atoms with Crippen LogP contribution in [0, 0.1) is 0 Å². The molecule has 1 aliphatic heterocycles. The molecule has 0 radical (unpaired) electrons. The van der Waals surface area contributed by atoms with Gasteiger partial charge in [-0.15, -0.1) is 6.58 Å². The van der Waals surface area contributed by atoms with Gasteiger partial charge in [0, 0.05) is 12.6 Å². The second kappa shape index (κ2) is 6.17. The SMILES string of the molecule is C=C(C)CCC(NN)C1CCCCO1. The highest BCUT2D eigenvalue weighted by Gasteiger charge is 2.22. The van der Waals surface area contributed by atoms with Crippen molar-refractivity contribution in [2.24, 2.45) is 5.84 Å². The van der Waals surface area contributed by atoms with Gasteiger partial charge in [0.15, 0.2) is 0 Å². The summed E-state index contributed by atoms with van der Waals surface area (Å²) in [5.74, 6) is 5.53. The Kier molecular flexibility index (Phi) is 5.15. The molecule has 1 heterocycles. The first-order chi connectivity index (χ1) is 6.74. The third-order valence-electron chi connectivity index (χ3n) is 2.76. The summed E-state index contributed by atoms with van der Waals surface area (Å²) in [4.78, 5) is 0. The second-order valence-corrected chi connectivity index (χ2v) is 4.17. The van der Waals surface area contributed by atoms with Crippen LogP contribution in [0.3, 0.4) is 0 Å². The predicted molar refractivity (Wildman–Crippen MR) is 58.8 cm³/mol. The average Bonchev–Trinajstić information content (AvgIpc) is 2.20. The molecule has 2 unspecified atom stereocenters. The van der Waals surface area contributed by atoms with Crippen LogP contribution >= 0.6 is 0 Å². The van der Waals surface area contributed by atoms with Crippen molar-refractivity contribution < 1.29 is 4.74 Å². The number of allylic oxidation sites excluding steroid dienone is 1. The summed E-state index contributed by atoms with van der Waals surface area (Å²) in [6, 6.07) is 0.284. The van der Waals surface area contributed by atoms with Gasteiger partial charge in [-0.25, -0.2) is 0 Å². The van der Waals surface area contributed by atoms with E-state index in [1.807, 2.05) is 0 Å². The molecule has 0 bridgehead atoms. The largest absolute Gasteiger partial charge is 0.377 e. The Balaban J connectivity index is 2.31. The number of ether oxygens (including phenoxy) is 1. The van der Waals surface area contributed by atoms with Gasteiger partial charge in [0.25, 0.3) is 0 Å². The lowest BCUT2D eigenvalue weighted by atomic mass is 9.97. The fourth-order valence-electron chi connectivity index (χ4n) is 1.86. The smallest absolute Gasteiger partial charge is 0.0741 e. The molecular formula is C11H22N2O. The van der Waals surface area contributed by atoms with Gasteiger partial charge in [-0.1, -0.05) is 5.57 Å². The van der Waals surface area contributed by atoms with Crippen molar-refractivity contribution in [3.63, 3.8) is 0 Å². The number of rotatable bonds is 5. The lowest BCUT2D eigenvalue weighted by molar-refractivity contribution is -0.00919. The van der Waals surface area contributed by atoms with E-state index in [1.54, 1.807) is 0 Å². The van der Waals surface area contributed by atoms with Crippen molar-refractivity contribution in [2.45, 2.75) is 51.2 Å². The fraction of sp³-hybridized carbons (Fsp3) is 0.818. The molecule has 0 amide bonds. The molecule has 0 aromatic heterocycles. The maximum atomic E-state index is 5.69. The number of hydrazine groups is 1. The van der Waals surface area contributed by atoms with E-state index in [0.717, 1.165) is 25.9 Å². The Bertz CT molecular complexity index is 176. The van der Waals surface area contributed by atoms with Gasteiger partial charge in [-0.3, -0.25) is 11.3 Å². The first kappa shape index (κ1) is 11.7. The van der Waals surface area contributed by atoms with Gasteiger partial charge in [0.2, 0.25) is 0 Å². The number of nitrogens with one attached hydrogen (secondary N) is 1. The van der Waals surface area contributed by atoms with Gasteiger partial charge in [0.05, 0.1) is 6.10 Å². The Morgan fingerprint density at radius 1 is 1.64 bits per heavy atom. The van der Waals surface area contributed by atoms with Crippen molar-refractivity contribution in [1.82, 2.24) is 5.43 Å². The quantitative estimate of drug-likeness (QED) is 0.402. The van der Waals surface area contributed by atoms with E-state index in [4.69, 9.17) is 10.6 Å². The van der Waals surface area contributed by atoms with Crippen molar-refractivity contribution in [3.05, 3.63) is 12.2 Å². The molecule has 82 valence electrons. The minimum absolute atomic E-state index is 0.284. The van der Waals surface area contributed by atoms with E-state index >= 15 is 0 Å². The van der Waals surface area contributed by atoms with Crippen LogP contribution < -0.4 is 11.3 Å². The molecule has 0 saturated carbocycles. The van der Waals surface area contributed by atoms with Gasteiger partial charge >= 0.3 is 0 Å². The topological polar surface area (TPSA) is 47.3 Å². The molecule has 3 heteroatoms. The molecule has 1 aliphatic rings. The maximum absolute atomic E-state index is 5.69. The summed E-state index contributed by atoms with van der Waals surface area (Å²) in [6.07, 6.45) is 5.92. The number of hydrogen-bond donors (Lipinski definition) is 2. The first-order valence-corrected chi connectivity index (χ1v) is 5.46. The van der Waals surface area contributed by atoms with E-state index in [0.29, 0.717) is 6.10 Å². The highest BCUT2D eigenvalue weighted by atomic mass is 16.5. The lowest BCUT2D eigenvalue weighted by Crippen LogP contribution is -2.46. The summed E-state index contributed by atoms with van der Waals surface area (Å²) in [7, 11) is 0. The molecule has 3 N–H and O–H groups in total. The van der Waals surface area contributed by atoms with Crippen LogP contribution in [0.25, 0.3) is 0 Å². The monoisotopic (exact) mass is 198 g/mol. The van der Waals surface area contributed by atoms with Crippen LogP contribution in [0.15, 0.2) is 12.2 Å². The standard InChI is InChI=1S/C11H22N2O/c1-9(2)6-7-10(13-12)11-5-3-4-8-14-11/h10-11,13H,1,3-8,12H2,2H3. The third kappa shape index (κ3) is 3.78. The zero-order chi connectivity index (χ0) is 10.4. The minimum Gasteiger partial charge on any atom is -0.377 e. The number of hydrogen-bond acceptors (Lipinski definition) is 3. The van der Waals surface area contributed by atoms with Crippen LogP contribution in [0.1, 0.15) is 39.0 Å². The summed E-state index contributed by atoms with van der Waals surface area (Å²) >= 11 is 0. The predicted octanol–water partition coefficient (Wildman–Crippen LogP) is 1.74. The van der Waals surface area contributed by atoms with Crippen LogP contribution in [-0.4, -0.2) is 18.8 Å². The van der Waals surface area contributed by atoms with Crippen LogP contribution in [-0.2, 0) is 4.74 Å². The third-order valence-corrected chi connectivity index (χ3v) is 2.76. The molecule has 0 aromatic rings. The summed E-state index contributed by atoms with van der Waals surface area (Å²) in [6.45, 7) is 6.83. The van der Waals surface area contributed by atoms with Crippen molar-refractivity contribution in [1.29, 1.82) is 0 Å². The zero-order valence-corrected chi connectivity index (χ0v) is 9.09. The van der Waals surface area contributed by atoms with Crippen molar-refractivity contribution in [2.75, 3.05) is 6.61 Å². The van der Waals surface area contributed by atoms with Crippen LogP contribution in [0.2, 0.25) is 0 Å². The molecule has 14 heavy (non-hydrogen) atoms. The van der Waals surface area contributed by atoms with Gasteiger partial charge < -0.3 is 4.74 Å². The fourth-order valence-corrected chi connectivity index (χ4v) is 1.86. The van der Waals surface area contributed by atoms with Crippen molar-refractivity contribution >= 4 is 0 Å². The van der Waals surface area contributed by atoms with Gasteiger partial charge in [-0.05, 0) is 39.0 Å². The van der Waals surface area contributed by atoms with E-state index < -0.39 is 0 Å². The van der Waals surface area contributed by atoms with E-state index in [-0.39, 0.29) is 6.04 Å². The normalized spacial score (nSPS) is 24.6. The highest BCUT2D eigenvalue weighted by molar-refractivity contribution is 4.90. The molecular weight excluding hydrogens is 176 g/mol. The molecule has 0 spiro atoms. The minimum atomic E-state index is 0.284. The van der Waals surface area contributed by atoms with Gasteiger partial charge in [-0.2, -0.15) is 0 Å². The summed E-state index contributed by atoms with van der Waals surface area (Å²) in [5, 5.41) is 0. The van der Waals surface area contributed by atoms with Gasteiger partial charge in [0.1, 0.15) is 0 Å². The Morgan fingerprint density at radius 2 is 2.43 bits per heavy atom. The number of nitrogens with two attached hydrogens (primary N) is 1. The van der Waals surface area contributed by atoms with Crippen molar-refractivity contribution in [3.8, 4) is 0 Å². The molecule has 0 aromatic carbocycles. The average molecular weight is 198 g/mol. The van der Waals surface area contributed by atoms with E-state index in [2.05, 4.69) is 18.9 Å². The van der Waals surface area contributed by atoms with E-state index in [9.17, 15) is 0 Å². The molecule has 1 fully saturated rings. The molecule has 3 nitrogen and oxygen atoms in total.